The first-order valence-corrected chi connectivity index (χ1v) is 8.40. The highest BCUT2D eigenvalue weighted by molar-refractivity contribution is 6.30. The van der Waals surface area contributed by atoms with Crippen LogP contribution in [0.2, 0.25) is 5.02 Å². The van der Waals surface area contributed by atoms with E-state index in [-0.39, 0.29) is 11.1 Å². The molecule has 0 fully saturated rings. The quantitative estimate of drug-likeness (QED) is 0.709. The number of benzene rings is 2. The molecule has 1 aliphatic heterocycles. The van der Waals surface area contributed by atoms with Crippen LogP contribution in [0.3, 0.4) is 0 Å². The molecule has 0 bridgehead atoms. The van der Waals surface area contributed by atoms with Crippen molar-refractivity contribution in [2.24, 2.45) is 9.98 Å². The van der Waals surface area contributed by atoms with Crippen LogP contribution < -0.4 is 0 Å². The van der Waals surface area contributed by atoms with Crippen LogP contribution in [0.4, 0.5) is 13.2 Å². The summed E-state index contributed by atoms with van der Waals surface area (Å²) in [5.74, 6) is -2.49. The number of aryl methyl sites for hydroxylation is 1. The van der Waals surface area contributed by atoms with Crippen LogP contribution in [-0.2, 0) is 14.3 Å². The maximum atomic E-state index is 13.9. The molecule has 0 N–H and O–H groups in total. The van der Waals surface area contributed by atoms with Crippen molar-refractivity contribution in [2.45, 2.75) is 18.8 Å². The number of carbonyl (C=O) groups excluding carboxylic acids is 1. The fourth-order valence-corrected chi connectivity index (χ4v) is 2.59. The molecule has 0 saturated heterocycles. The molecule has 0 radical (unpaired) electrons. The predicted octanol–water partition coefficient (Wildman–Crippen LogP) is 4.30. The van der Waals surface area contributed by atoms with Gasteiger partial charge in [0.2, 0.25) is 11.8 Å². The highest BCUT2D eigenvalue weighted by Gasteiger charge is 2.65. The van der Waals surface area contributed by atoms with Crippen molar-refractivity contribution in [1.29, 1.82) is 0 Å². The summed E-state index contributed by atoms with van der Waals surface area (Å²) in [6, 6.07) is 12.2. The summed E-state index contributed by atoms with van der Waals surface area (Å²) >= 11 is 5.83. The van der Waals surface area contributed by atoms with E-state index >= 15 is 0 Å². The maximum Gasteiger partial charge on any atom is 0.446 e. The fraction of sp³-hybridized carbons (Fsp3) is 0.211. The number of carbonyl (C=O) groups is 1. The van der Waals surface area contributed by atoms with Crippen molar-refractivity contribution in [2.75, 3.05) is 7.11 Å². The summed E-state index contributed by atoms with van der Waals surface area (Å²) in [7, 11) is 0.837. The summed E-state index contributed by atoms with van der Waals surface area (Å²) in [6.07, 6.45) is -5.16. The molecule has 0 aliphatic carbocycles. The zero-order valence-electron chi connectivity index (χ0n) is 14.7. The smallest absolute Gasteiger partial charge is 0.446 e. The Morgan fingerprint density at radius 2 is 1.46 bits per heavy atom. The molecule has 0 aromatic heterocycles. The first-order valence-electron chi connectivity index (χ1n) is 8.02. The molecule has 28 heavy (non-hydrogen) atoms. The van der Waals surface area contributed by atoms with Gasteiger partial charge in [-0.1, -0.05) is 29.3 Å². The molecule has 1 aliphatic rings. The predicted molar refractivity (Wildman–Crippen MR) is 97.6 cm³/mol. The van der Waals surface area contributed by atoms with Gasteiger partial charge in [0.15, 0.2) is 0 Å². The largest absolute Gasteiger partial charge is 0.465 e. The number of esters is 1. The molecule has 1 heterocycles. The second-order valence-corrected chi connectivity index (χ2v) is 6.41. The number of aliphatic imine (C=N–C) groups is 2. The van der Waals surface area contributed by atoms with Gasteiger partial charge in [0, 0.05) is 16.1 Å². The number of rotatable bonds is 3. The van der Waals surface area contributed by atoms with E-state index in [1.165, 1.54) is 36.4 Å². The van der Waals surface area contributed by atoms with Gasteiger partial charge in [-0.3, -0.25) is 0 Å². The van der Waals surface area contributed by atoms with Gasteiger partial charge in [-0.2, -0.15) is 23.2 Å². The third-order valence-electron chi connectivity index (χ3n) is 3.98. The zero-order valence-corrected chi connectivity index (χ0v) is 15.5. The minimum atomic E-state index is -5.16. The first-order chi connectivity index (χ1) is 13.2. The minimum Gasteiger partial charge on any atom is -0.465 e. The normalized spacial score (nSPS) is 19.4. The lowest BCUT2D eigenvalue weighted by atomic mass is 10.1. The number of ether oxygens (including phenoxy) is 2. The van der Waals surface area contributed by atoms with Gasteiger partial charge in [0.1, 0.15) is 0 Å². The molecule has 1 atom stereocenters. The monoisotopic (exact) mass is 410 g/mol. The van der Waals surface area contributed by atoms with Crippen LogP contribution in [0.25, 0.3) is 0 Å². The number of hydrogen-bond donors (Lipinski definition) is 0. The summed E-state index contributed by atoms with van der Waals surface area (Å²) in [5.41, 5.74) is -2.14. The third kappa shape index (κ3) is 3.60. The van der Waals surface area contributed by atoms with E-state index in [9.17, 15) is 18.0 Å². The second-order valence-electron chi connectivity index (χ2n) is 5.97. The van der Waals surface area contributed by atoms with E-state index < -0.39 is 29.6 Å². The van der Waals surface area contributed by atoms with E-state index in [4.69, 9.17) is 16.3 Å². The van der Waals surface area contributed by atoms with Crippen molar-refractivity contribution >= 4 is 29.4 Å². The molecular formula is C19H14ClF3N2O3. The van der Waals surface area contributed by atoms with Crippen LogP contribution in [-0.4, -0.2) is 36.7 Å². The molecular weight excluding hydrogens is 397 g/mol. The van der Waals surface area contributed by atoms with Crippen molar-refractivity contribution in [1.82, 2.24) is 0 Å². The topological polar surface area (TPSA) is 60.2 Å². The van der Waals surface area contributed by atoms with E-state index in [0.29, 0.717) is 5.02 Å². The van der Waals surface area contributed by atoms with E-state index in [0.717, 1.165) is 12.7 Å². The maximum absolute atomic E-state index is 13.9. The minimum absolute atomic E-state index is 0.196. The highest BCUT2D eigenvalue weighted by Crippen LogP contribution is 2.39. The van der Waals surface area contributed by atoms with Crippen LogP contribution >= 0.6 is 11.6 Å². The Morgan fingerprint density at radius 1 is 1.00 bits per heavy atom. The van der Waals surface area contributed by atoms with Crippen LogP contribution in [0, 0.1) is 6.92 Å². The Kier molecular flexibility index (Phi) is 5.16. The Balaban J connectivity index is 2.22. The van der Waals surface area contributed by atoms with Crippen molar-refractivity contribution in [3.05, 3.63) is 70.2 Å². The molecule has 2 aromatic rings. The number of alkyl halides is 3. The van der Waals surface area contributed by atoms with Crippen LogP contribution in [0.5, 0.6) is 0 Å². The fourth-order valence-electron chi connectivity index (χ4n) is 2.47. The number of nitrogens with zero attached hydrogens (tertiary/aromatic N) is 2. The van der Waals surface area contributed by atoms with Gasteiger partial charge in [0.25, 0.3) is 0 Å². The van der Waals surface area contributed by atoms with E-state index in [1.807, 2.05) is 6.92 Å². The second kappa shape index (κ2) is 7.27. The third-order valence-corrected chi connectivity index (χ3v) is 4.23. The lowest BCUT2D eigenvalue weighted by Gasteiger charge is -2.30. The number of hydrogen-bond acceptors (Lipinski definition) is 5. The van der Waals surface area contributed by atoms with Crippen LogP contribution in [0.1, 0.15) is 16.7 Å². The number of methoxy groups -OCH3 is 1. The molecule has 5 nitrogen and oxygen atoms in total. The molecule has 0 amide bonds. The van der Waals surface area contributed by atoms with Gasteiger partial charge in [-0.25, -0.2) is 4.79 Å². The van der Waals surface area contributed by atoms with Crippen molar-refractivity contribution in [3.63, 3.8) is 0 Å². The Morgan fingerprint density at radius 3 is 1.89 bits per heavy atom. The van der Waals surface area contributed by atoms with E-state index in [2.05, 4.69) is 14.7 Å². The number of halogens is 4. The average molecular weight is 411 g/mol. The van der Waals surface area contributed by atoms with Gasteiger partial charge in [-0.05, 0) is 43.3 Å². The van der Waals surface area contributed by atoms with Gasteiger partial charge < -0.3 is 9.47 Å². The van der Waals surface area contributed by atoms with E-state index in [1.54, 1.807) is 12.1 Å². The van der Waals surface area contributed by atoms with Gasteiger partial charge in [0.05, 0.1) is 7.11 Å². The Hall–Kier alpha value is -2.87. The average Bonchev–Trinajstić information content (AvgIpc) is 2.67. The van der Waals surface area contributed by atoms with Gasteiger partial charge >= 0.3 is 17.8 Å². The summed E-state index contributed by atoms with van der Waals surface area (Å²) in [4.78, 5) is 19.2. The molecule has 3 rings (SSSR count). The van der Waals surface area contributed by atoms with Crippen molar-refractivity contribution in [3.8, 4) is 0 Å². The van der Waals surface area contributed by atoms with Crippen LogP contribution in [0.15, 0.2) is 58.5 Å². The first kappa shape index (κ1) is 19.9. The molecule has 1 unspecified atom stereocenters. The lowest BCUT2D eigenvalue weighted by Crippen LogP contribution is -2.53. The molecule has 146 valence electrons. The van der Waals surface area contributed by atoms with Crippen molar-refractivity contribution < 1.29 is 27.4 Å². The summed E-state index contributed by atoms with van der Waals surface area (Å²) in [6.45, 7) is 1.82. The SMILES string of the molecule is COC(=O)C1(C(F)(F)F)N=C(c2ccc(C)cc2)OC(c2ccc(Cl)cc2)=N1. The standard InChI is InChI=1S/C19H14ClF3N2O3/c1-11-3-5-12(6-4-11)15-24-18(17(26)27-2,19(21,22)23)25-16(28-15)13-7-9-14(20)10-8-13/h3-10H,1-2H3. The summed E-state index contributed by atoms with van der Waals surface area (Å²) in [5, 5.41) is 0.377. The zero-order chi connectivity index (χ0) is 20.5. The molecule has 0 saturated carbocycles. The Labute approximate surface area is 163 Å². The van der Waals surface area contributed by atoms with Gasteiger partial charge in [-0.15, -0.1) is 0 Å². The lowest BCUT2D eigenvalue weighted by molar-refractivity contribution is -0.202. The highest BCUT2D eigenvalue weighted by atomic mass is 35.5. The molecule has 9 heteroatoms. The molecule has 2 aromatic carbocycles. The Bertz CT molecular complexity index is 890. The molecule has 0 spiro atoms. The summed E-state index contributed by atoms with van der Waals surface area (Å²) < 4.78 is 51.8.